The van der Waals surface area contributed by atoms with Gasteiger partial charge in [-0.1, -0.05) is 0 Å². The molecule has 0 spiro atoms. The smallest absolute Gasteiger partial charge is 0.407 e. The zero-order valence-corrected chi connectivity index (χ0v) is 17.5. The molecule has 9 heteroatoms. The van der Waals surface area contributed by atoms with Crippen LogP contribution in [-0.4, -0.2) is 53.3 Å². The number of carbonyl (C=O) groups is 2. The van der Waals surface area contributed by atoms with Crippen LogP contribution in [0.1, 0.15) is 39.2 Å². The van der Waals surface area contributed by atoms with Crippen LogP contribution >= 0.6 is 0 Å². The van der Waals surface area contributed by atoms with E-state index in [-0.39, 0.29) is 24.4 Å². The van der Waals surface area contributed by atoms with Gasteiger partial charge in [0.05, 0.1) is 30.9 Å². The maximum absolute atomic E-state index is 14.4. The number of Topliss-reactive ketones (excluding diaryl/α,β-unsaturated/α-hetero) is 1. The minimum absolute atomic E-state index is 0.111. The summed E-state index contributed by atoms with van der Waals surface area (Å²) in [7, 11) is 1.46. The van der Waals surface area contributed by atoms with Gasteiger partial charge in [-0.2, -0.15) is 0 Å². The first-order chi connectivity index (χ1) is 14.2. The molecule has 1 fully saturated rings. The Morgan fingerprint density at radius 1 is 1.30 bits per heavy atom. The van der Waals surface area contributed by atoms with Crippen molar-refractivity contribution in [3.05, 3.63) is 29.7 Å². The first kappa shape index (κ1) is 21.9. The largest absolute Gasteiger partial charge is 0.481 e. The molecular formula is C21H26FN3O5. The second-order valence-electron chi connectivity index (χ2n) is 8.25. The predicted molar refractivity (Wildman–Crippen MR) is 107 cm³/mol. The number of ether oxygens (including phenoxy) is 3. The van der Waals surface area contributed by atoms with E-state index in [9.17, 15) is 14.0 Å². The normalized spacial score (nSPS) is 19.4. The van der Waals surface area contributed by atoms with Gasteiger partial charge in [-0.15, -0.1) is 0 Å². The average molecular weight is 419 g/mol. The van der Waals surface area contributed by atoms with Crippen molar-refractivity contribution in [1.29, 1.82) is 0 Å². The number of rotatable bonds is 5. The van der Waals surface area contributed by atoms with Crippen LogP contribution in [0.15, 0.2) is 18.3 Å². The zero-order chi connectivity index (χ0) is 21.9. The number of nitrogens with one attached hydrogen (secondary N) is 1. The maximum atomic E-state index is 14.4. The molecule has 1 aliphatic rings. The molecule has 1 N–H and O–H groups in total. The SMILES string of the molecule is COc1ccc2ncc(F)c(CC(=O)[C@@H]3CC[C@@H](OC(=O)NC(C)(C)C)CO3)c2n1. The van der Waals surface area contributed by atoms with Gasteiger partial charge in [-0.05, 0) is 39.7 Å². The van der Waals surface area contributed by atoms with Gasteiger partial charge >= 0.3 is 6.09 Å². The Hall–Kier alpha value is -2.81. The van der Waals surface area contributed by atoms with E-state index in [1.165, 1.54) is 7.11 Å². The number of amides is 1. The number of hydrogen-bond donors (Lipinski definition) is 1. The summed E-state index contributed by atoms with van der Waals surface area (Å²) < 4.78 is 30.5. The van der Waals surface area contributed by atoms with E-state index in [1.807, 2.05) is 20.8 Å². The Morgan fingerprint density at radius 3 is 2.70 bits per heavy atom. The first-order valence-electron chi connectivity index (χ1n) is 9.77. The van der Waals surface area contributed by atoms with Crippen molar-refractivity contribution in [3.63, 3.8) is 0 Å². The fraction of sp³-hybridized carbons (Fsp3) is 0.524. The van der Waals surface area contributed by atoms with Crippen LogP contribution in [0.2, 0.25) is 0 Å². The maximum Gasteiger partial charge on any atom is 0.407 e. The number of pyridine rings is 2. The second-order valence-corrected chi connectivity index (χ2v) is 8.25. The lowest BCUT2D eigenvalue weighted by atomic mass is 9.98. The van der Waals surface area contributed by atoms with Gasteiger partial charge in [0.1, 0.15) is 18.0 Å². The summed E-state index contributed by atoms with van der Waals surface area (Å²) >= 11 is 0. The molecule has 162 valence electrons. The molecule has 0 aliphatic carbocycles. The highest BCUT2D eigenvalue weighted by atomic mass is 19.1. The van der Waals surface area contributed by atoms with Crippen molar-refractivity contribution in [2.75, 3.05) is 13.7 Å². The molecule has 3 heterocycles. The topological polar surface area (TPSA) is 99.6 Å². The van der Waals surface area contributed by atoms with Gasteiger partial charge < -0.3 is 19.5 Å². The lowest BCUT2D eigenvalue weighted by Crippen LogP contribution is -2.44. The molecular weight excluding hydrogens is 393 g/mol. The Bertz CT molecular complexity index is 936. The van der Waals surface area contributed by atoms with Crippen LogP contribution in [0.4, 0.5) is 9.18 Å². The third-order valence-electron chi connectivity index (χ3n) is 4.64. The molecule has 8 nitrogen and oxygen atoms in total. The minimum atomic E-state index is -0.691. The molecule has 2 atom stereocenters. The van der Waals surface area contributed by atoms with Gasteiger partial charge in [-0.25, -0.2) is 14.2 Å². The van der Waals surface area contributed by atoms with E-state index in [1.54, 1.807) is 12.1 Å². The lowest BCUT2D eigenvalue weighted by Gasteiger charge is -2.29. The van der Waals surface area contributed by atoms with Gasteiger partial charge in [0, 0.05) is 23.6 Å². The molecule has 0 unspecified atom stereocenters. The molecule has 0 bridgehead atoms. The van der Waals surface area contributed by atoms with Crippen molar-refractivity contribution in [1.82, 2.24) is 15.3 Å². The Labute approximate surface area is 174 Å². The van der Waals surface area contributed by atoms with Crippen LogP contribution in [0.3, 0.4) is 0 Å². The summed E-state index contributed by atoms with van der Waals surface area (Å²) in [6.45, 7) is 5.67. The van der Waals surface area contributed by atoms with Crippen molar-refractivity contribution in [2.24, 2.45) is 0 Å². The number of hydrogen-bond acceptors (Lipinski definition) is 7. The standard InChI is InChI=1S/C21H26FN3O5/c1-21(2,3)25-20(27)30-12-5-7-17(29-11-12)16(26)9-13-14(22)10-23-15-6-8-18(28-4)24-19(13)15/h6,8,10,12,17H,5,7,9,11H2,1-4H3,(H,25,27)/t12-,17+/m1/s1. The van der Waals surface area contributed by atoms with Gasteiger partial charge in [0.2, 0.25) is 5.88 Å². The number of fused-ring (bicyclic) bond motifs is 1. The number of nitrogens with zero attached hydrogens (tertiary/aromatic N) is 2. The average Bonchev–Trinajstić information content (AvgIpc) is 2.68. The molecule has 3 rings (SSSR count). The molecule has 1 saturated heterocycles. The summed E-state index contributed by atoms with van der Waals surface area (Å²) in [6.07, 6.45) is 0.133. The van der Waals surface area contributed by atoms with Crippen molar-refractivity contribution in [2.45, 2.75) is 57.8 Å². The molecule has 0 saturated carbocycles. The van der Waals surface area contributed by atoms with E-state index >= 15 is 0 Å². The number of carbonyl (C=O) groups excluding carboxylic acids is 2. The predicted octanol–water partition coefficient (Wildman–Crippen LogP) is 2.96. The highest BCUT2D eigenvalue weighted by Gasteiger charge is 2.30. The Morgan fingerprint density at radius 2 is 2.07 bits per heavy atom. The van der Waals surface area contributed by atoms with E-state index in [0.717, 1.165) is 6.20 Å². The molecule has 1 aliphatic heterocycles. The van der Waals surface area contributed by atoms with Crippen LogP contribution in [0, 0.1) is 5.82 Å². The lowest BCUT2D eigenvalue weighted by molar-refractivity contribution is -0.137. The van der Waals surface area contributed by atoms with Gasteiger partial charge in [0.25, 0.3) is 0 Å². The molecule has 2 aromatic rings. The quantitative estimate of drug-likeness (QED) is 0.795. The fourth-order valence-corrected chi connectivity index (χ4v) is 3.21. The van der Waals surface area contributed by atoms with E-state index in [2.05, 4.69) is 15.3 Å². The molecule has 0 aromatic carbocycles. The molecule has 2 aromatic heterocycles. The summed E-state index contributed by atoms with van der Waals surface area (Å²) in [5, 5.41) is 2.72. The second kappa shape index (κ2) is 8.91. The summed E-state index contributed by atoms with van der Waals surface area (Å²) in [6, 6.07) is 3.29. The van der Waals surface area contributed by atoms with Crippen molar-refractivity contribution in [3.8, 4) is 5.88 Å². The zero-order valence-electron chi connectivity index (χ0n) is 17.5. The number of halogens is 1. The first-order valence-corrected chi connectivity index (χ1v) is 9.77. The number of aromatic nitrogens is 2. The van der Waals surface area contributed by atoms with E-state index in [4.69, 9.17) is 14.2 Å². The van der Waals surface area contributed by atoms with Crippen LogP contribution in [0.5, 0.6) is 5.88 Å². The van der Waals surface area contributed by atoms with Crippen molar-refractivity contribution >= 4 is 22.9 Å². The molecule has 30 heavy (non-hydrogen) atoms. The van der Waals surface area contributed by atoms with Crippen LogP contribution in [-0.2, 0) is 20.7 Å². The van der Waals surface area contributed by atoms with E-state index in [0.29, 0.717) is 29.8 Å². The summed E-state index contributed by atoms with van der Waals surface area (Å²) in [5.74, 6) is -0.554. The third kappa shape index (κ3) is 5.41. The van der Waals surface area contributed by atoms with Crippen LogP contribution < -0.4 is 10.1 Å². The third-order valence-corrected chi connectivity index (χ3v) is 4.64. The van der Waals surface area contributed by atoms with Crippen molar-refractivity contribution < 1.29 is 28.2 Å². The number of alkyl carbamates (subject to hydrolysis) is 1. The summed E-state index contributed by atoms with van der Waals surface area (Å²) in [4.78, 5) is 32.9. The van der Waals surface area contributed by atoms with E-state index < -0.39 is 29.7 Å². The highest BCUT2D eigenvalue weighted by Crippen LogP contribution is 2.24. The Kier molecular flexibility index (Phi) is 6.50. The van der Waals surface area contributed by atoms with Gasteiger partial charge in [-0.3, -0.25) is 9.78 Å². The van der Waals surface area contributed by atoms with Crippen LogP contribution in [0.25, 0.3) is 11.0 Å². The monoisotopic (exact) mass is 419 g/mol. The number of methoxy groups -OCH3 is 1. The highest BCUT2D eigenvalue weighted by molar-refractivity contribution is 5.89. The fourth-order valence-electron chi connectivity index (χ4n) is 3.21. The number of ketones is 1. The van der Waals surface area contributed by atoms with Gasteiger partial charge in [0.15, 0.2) is 5.78 Å². The molecule has 0 radical (unpaired) electrons. The summed E-state index contributed by atoms with van der Waals surface area (Å²) in [5.41, 5.74) is 0.524. The Balaban J connectivity index is 1.63. The minimum Gasteiger partial charge on any atom is -0.481 e. The molecule has 1 amide bonds.